The summed E-state index contributed by atoms with van der Waals surface area (Å²) in [6.45, 7) is 0. The third kappa shape index (κ3) is 1.56. The van der Waals surface area contributed by atoms with Gasteiger partial charge in [0.25, 0.3) is 0 Å². The molecule has 1 aromatic heterocycles. The first-order valence-electron chi connectivity index (χ1n) is 4.13. The van der Waals surface area contributed by atoms with E-state index in [1.54, 1.807) is 18.5 Å². The number of aromatic nitrogens is 1. The Bertz CT molecular complexity index is 375. The van der Waals surface area contributed by atoms with Gasteiger partial charge in [-0.2, -0.15) is 0 Å². The van der Waals surface area contributed by atoms with Crippen LogP contribution >= 0.6 is 0 Å². The van der Waals surface area contributed by atoms with E-state index >= 15 is 0 Å². The van der Waals surface area contributed by atoms with E-state index in [4.69, 9.17) is 9.94 Å². The van der Waals surface area contributed by atoms with Crippen molar-refractivity contribution < 1.29 is 14.7 Å². The molecule has 0 bridgehead atoms. The van der Waals surface area contributed by atoms with Crippen molar-refractivity contribution in [2.75, 3.05) is 0 Å². The van der Waals surface area contributed by atoms with Crippen LogP contribution in [0.5, 0.6) is 0 Å². The van der Waals surface area contributed by atoms with Crippen molar-refractivity contribution in [3.63, 3.8) is 0 Å². The van der Waals surface area contributed by atoms with Crippen molar-refractivity contribution in [3.8, 4) is 0 Å². The number of oxime groups is 1. The molecule has 0 aromatic carbocycles. The quantitative estimate of drug-likeness (QED) is 0.747. The topological polar surface area (TPSA) is 71.8 Å². The van der Waals surface area contributed by atoms with Crippen LogP contribution in [0.15, 0.2) is 29.7 Å². The van der Waals surface area contributed by atoms with Crippen LogP contribution in [0.3, 0.4) is 0 Å². The van der Waals surface area contributed by atoms with Gasteiger partial charge in [-0.15, -0.1) is 0 Å². The number of rotatable bonds is 2. The van der Waals surface area contributed by atoms with Crippen molar-refractivity contribution in [1.29, 1.82) is 0 Å². The maximum atomic E-state index is 10.6. The number of carbonyl (C=O) groups is 1. The highest BCUT2D eigenvalue weighted by Crippen LogP contribution is 2.15. The normalized spacial score (nSPS) is 20.0. The fourth-order valence-corrected chi connectivity index (χ4v) is 1.21. The number of aliphatic carboxylic acids is 1. The molecule has 1 aliphatic heterocycles. The largest absolute Gasteiger partial charge is 0.478 e. The molecule has 2 rings (SSSR count). The zero-order chi connectivity index (χ0) is 9.97. The zero-order valence-corrected chi connectivity index (χ0v) is 7.25. The molecule has 0 unspecified atom stereocenters. The van der Waals surface area contributed by atoms with Gasteiger partial charge in [-0.3, -0.25) is 4.98 Å². The highest BCUT2D eigenvalue weighted by molar-refractivity contribution is 6.03. The van der Waals surface area contributed by atoms with Gasteiger partial charge in [-0.1, -0.05) is 5.16 Å². The molecule has 0 spiro atoms. The predicted molar refractivity (Wildman–Crippen MR) is 47.9 cm³/mol. The van der Waals surface area contributed by atoms with Crippen molar-refractivity contribution in [1.82, 2.24) is 4.98 Å². The summed E-state index contributed by atoms with van der Waals surface area (Å²) >= 11 is 0. The second-order valence-corrected chi connectivity index (χ2v) is 2.92. The van der Waals surface area contributed by atoms with Gasteiger partial charge < -0.3 is 9.94 Å². The van der Waals surface area contributed by atoms with Gasteiger partial charge in [0, 0.05) is 24.4 Å². The van der Waals surface area contributed by atoms with E-state index in [0.29, 0.717) is 12.1 Å². The summed E-state index contributed by atoms with van der Waals surface area (Å²) in [5, 5.41) is 12.4. The highest BCUT2D eigenvalue weighted by atomic mass is 16.7. The summed E-state index contributed by atoms with van der Waals surface area (Å²) in [7, 11) is 0. The smallest absolute Gasteiger partial charge is 0.348 e. The minimum absolute atomic E-state index is 0.293. The predicted octanol–water partition coefficient (Wildman–Crippen LogP) is 0.659. The first kappa shape index (κ1) is 8.68. The molecular formula is C9H8N2O3. The molecule has 0 saturated heterocycles. The lowest BCUT2D eigenvalue weighted by Gasteiger charge is -1.99. The molecule has 0 aliphatic carbocycles. The Hall–Kier alpha value is -1.91. The molecular weight excluding hydrogens is 184 g/mol. The number of hydrogen-bond acceptors (Lipinski definition) is 4. The standard InChI is InChI=1S/C9H8N2O3/c12-9(13)8-4-7(11-14-8)6-2-1-3-10-5-6/h1-3,5,8H,4H2,(H,12,13)/t8-/m0/s1. The van der Waals surface area contributed by atoms with Crippen molar-refractivity contribution in [3.05, 3.63) is 30.1 Å². The van der Waals surface area contributed by atoms with E-state index in [1.165, 1.54) is 0 Å². The van der Waals surface area contributed by atoms with Crippen molar-refractivity contribution in [2.24, 2.45) is 5.16 Å². The second-order valence-electron chi connectivity index (χ2n) is 2.92. The lowest BCUT2D eigenvalue weighted by molar-refractivity contribution is -0.148. The SMILES string of the molecule is O=C(O)[C@@H]1CC(c2cccnc2)=NO1. The third-order valence-electron chi connectivity index (χ3n) is 1.94. The van der Waals surface area contributed by atoms with Gasteiger partial charge >= 0.3 is 5.97 Å². The van der Waals surface area contributed by atoms with E-state index in [9.17, 15) is 4.79 Å². The summed E-state index contributed by atoms with van der Waals surface area (Å²) < 4.78 is 0. The minimum atomic E-state index is -0.993. The first-order chi connectivity index (χ1) is 6.77. The molecule has 1 N–H and O–H groups in total. The molecule has 1 atom stereocenters. The number of nitrogens with zero attached hydrogens (tertiary/aromatic N) is 2. The van der Waals surface area contributed by atoms with E-state index in [0.717, 1.165) is 5.56 Å². The fraction of sp³-hybridized carbons (Fsp3) is 0.222. The molecule has 0 radical (unpaired) electrons. The average Bonchev–Trinajstić information content (AvgIpc) is 2.68. The maximum Gasteiger partial charge on any atom is 0.348 e. The van der Waals surface area contributed by atoms with Crippen molar-refractivity contribution in [2.45, 2.75) is 12.5 Å². The van der Waals surface area contributed by atoms with Crippen LogP contribution in [0, 0.1) is 0 Å². The minimum Gasteiger partial charge on any atom is -0.478 e. The highest BCUT2D eigenvalue weighted by Gasteiger charge is 2.28. The average molecular weight is 192 g/mol. The van der Waals surface area contributed by atoms with E-state index in [1.807, 2.05) is 6.07 Å². The van der Waals surface area contributed by atoms with Crippen LogP contribution in [-0.2, 0) is 9.63 Å². The Balaban J connectivity index is 2.13. The summed E-state index contributed by atoms with van der Waals surface area (Å²) in [6.07, 6.45) is 2.72. The van der Waals surface area contributed by atoms with E-state index in [2.05, 4.69) is 10.1 Å². The lowest BCUT2D eigenvalue weighted by Crippen LogP contribution is -2.19. The molecule has 2 heterocycles. The number of carboxylic acids is 1. The Morgan fingerprint density at radius 3 is 3.07 bits per heavy atom. The van der Waals surface area contributed by atoms with Gasteiger partial charge in [0.05, 0.1) is 5.71 Å². The molecule has 5 heteroatoms. The van der Waals surface area contributed by atoms with Gasteiger partial charge in [0.1, 0.15) is 0 Å². The monoisotopic (exact) mass is 192 g/mol. The summed E-state index contributed by atoms with van der Waals surface area (Å²) in [5.74, 6) is -0.993. The molecule has 0 fully saturated rings. The molecule has 0 amide bonds. The number of hydrogen-bond donors (Lipinski definition) is 1. The summed E-state index contributed by atoms with van der Waals surface area (Å²) in [5.41, 5.74) is 1.43. The maximum absolute atomic E-state index is 10.6. The molecule has 5 nitrogen and oxygen atoms in total. The van der Waals surface area contributed by atoms with Gasteiger partial charge in [0.15, 0.2) is 0 Å². The van der Waals surface area contributed by atoms with E-state index in [-0.39, 0.29) is 0 Å². The van der Waals surface area contributed by atoms with E-state index < -0.39 is 12.1 Å². The van der Waals surface area contributed by atoms with Crippen molar-refractivity contribution >= 4 is 11.7 Å². The number of pyridine rings is 1. The van der Waals surface area contributed by atoms with Gasteiger partial charge in [-0.05, 0) is 12.1 Å². The fourth-order valence-electron chi connectivity index (χ4n) is 1.21. The number of carboxylic acid groups (broad SMARTS) is 1. The summed E-state index contributed by atoms with van der Waals surface area (Å²) in [6, 6.07) is 3.59. The summed E-state index contributed by atoms with van der Waals surface area (Å²) in [4.78, 5) is 19.2. The second kappa shape index (κ2) is 3.45. The molecule has 72 valence electrons. The lowest BCUT2D eigenvalue weighted by atomic mass is 10.1. The van der Waals surface area contributed by atoms with Crippen LogP contribution in [0.2, 0.25) is 0 Å². The Morgan fingerprint density at radius 1 is 1.64 bits per heavy atom. The third-order valence-corrected chi connectivity index (χ3v) is 1.94. The Labute approximate surface area is 80.0 Å². The Kier molecular flexibility index (Phi) is 2.14. The van der Waals surface area contributed by atoms with Gasteiger partial charge in [0.2, 0.25) is 6.10 Å². The van der Waals surface area contributed by atoms with Crippen LogP contribution < -0.4 is 0 Å². The zero-order valence-electron chi connectivity index (χ0n) is 7.25. The first-order valence-corrected chi connectivity index (χ1v) is 4.13. The van der Waals surface area contributed by atoms with Gasteiger partial charge in [-0.25, -0.2) is 4.79 Å². The molecule has 1 aliphatic rings. The Morgan fingerprint density at radius 2 is 2.50 bits per heavy atom. The van der Waals surface area contributed by atoms with Crippen LogP contribution in [0.25, 0.3) is 0 Å². The van der Waals surface area contributed by atoms with Crippen LogP contribution in [-0.4, -0.2) is 27.9 Å². The molecule has 0 saturated carbocycles. The van der Waals surface area contributed by atoms with Crippen LogP contribution in [0.4, 0.5) is 0 Å². The molecule has 14 heavy (non-hydrogen) atoms. The van der Waals surface area contributed by atoms with Crippen LogP contribution in [0.1, 0.15) is 12.0 Å². The molecule has 1 aromatic rings.